The minimum atomic E-state index is -0.229. The standard InChI is InChI=1S/C24H27N5O3S/c1-5-12-29-21(14-25-23(31)18-7-10-20(32-4)11-8-18)27-28-24(29)33-15-22(30)26-19-9-6-16(2)17(3)13-19/h5-11,13H,1,12,14-15H2,2-4H3,(H,25,31)(H,26,30). The molecule has 33 heavy (non-hydrogen) atoms. The molecule has 0 aliphatic carbocycles. The van der Waals surface area contributed by atoms with Crippen molar-refractivity contribution in [1.29, 1.82) is 0 Å². The molecule has 9 heteroatoms. The van der Waals surface area contributed by atoms with E-state index < -0.39 is 0 Å². The lowest BCUT2D eigenvalue weighted by atomic mass is 10.1. The van der Waals surface area contributed by atoms with Crippen molar-refractivity contribution in [3.05, 3.63) is 77.6 Å². The molecule has 0 radical (unpaired) electrons. The highest BCUT2D eigenvalue weighted by Crippen LogP contribution is 2.19. The van der Waals surface area contributed by atoms with E-state index in [4.69, 9.17) is 4.74 Å². The van der Waals surface area contributed by atoms with Gasteiger partial charge in [0, 0.05) is 17.8 Å². The third-order valence-corrected chi connectivity index (χ3v) is 5.95. The summed E-state index contributed by atoms with van der Waals surface area (Å²) in [6.45, 7) is 8.47. The molecule has 3 rings (SSSR count). The summed E-state index contributed by atoms with van der Waals surface area (Å²) < 4.78 is 6.94. The Kier molecular flexibility index (Phi) is 8.26. The number of allylic oxidation sites excluding steroid dienone is 1. The number of hydrogen-bond acceptors (Lipinski definition) is 6. The minimum absolute atomic E-state index is 0.134. The van der Waals surface area contributed by atoms with E-state index in [1.807, 2.05) is 36.6 Å². The molecular formula is C24H27N5O3S. The van der Waals surface area contributed by atoms with Crippen molar-refractivity contribution in [2.24, 2.45) is 0 Å². The molecule has 172 valence electrons. The number of hydrogen-bond donors (Lipinski definition) is 2. The SMILES string of the molecule is C=CCn1c(CNC(=O)c2ccc(OC)cc2)nnc1SCC(=O)Nc1ccc(C)c(C)c1. The number of nitrogens with one attached hydrogen (secondary N) is 2. The quantitative estimate of drug-likeness (QED) is 0.350. The zero-order valence-corrected chi connectivity index (χ0v) is 19.7. The molecule has 0 unspecified atom stereocenters. The average Bonchev–Trinajstić information content (AvgIpc) is 3.20. The number of methoxy groups -OCH3 is 1. The molecule has 1 aromatic heterocycles. The van der Waals surface area contributed by atoms with E-state index in [1.165, 1.54) is 17.3 Å². The lowest BCUT2D eigenvalue weighted by Gasteiger charge is -2.10. The van der Waals surface area contributed by atoms with Crippen LogP contribution in [0.1, 0.15) is 27.3 Å². The van der Waals surface area contributed by atoms with Crippen LogP contribution in [-0.2, 0) is 17.9 Å². The Hall–Kier alpha value is -3.59. The van der Waals surface area contributed by atoms with Crippen LogP contribution < -0.4 is 15.4 Å². The molecular weight excluding hydrogens is 438 g/mol. The van der Waals surface area contributed by atoms with Crippen LogP contribution in [-0.4, -0.2) is 39.4 Å². The van der Waals surface area contributed by atoms with Gasteiger partial charge in [-0.3, -0.25) is 9.59 Å². The Morgan fingerprint density at radius 3 is 2.55 bits per heavy atom. The van der Waals surface area contributed by atoms with Gasteiger partial charge in [-0.15, -0.1) is 16.8 Å². The number of nitrogens with zero attached hydrogens (tertiary/aromatic N) is 3. The predicted molar refractivity (Wildman–Crippen MR) is 130 cm³/mol. The number of carbonyl (C=O) groups is 2. The van der Waals surface area contributed by atoms with Gasteiger partial charge in [0.25, 0.3) is 5.91 Å². The summed E-state index contributed by atoms with van der Waals surface area (Å²) in [4.78, 5) is 24.8. The minimum Gasteiger partial charge on any atom is -0.497 e. The van der Waals surface area contributed by atoms with Gasteiger partial charge in [-0.05, 0) is 61.4 Å². The van der Waals surface area contributed by atoms with Crippen LogP contribution >= 0.6 is 11.8 Å². The summed E-state index contributed by atoms with van der Waals surface area (Å²) >= 11 is 1.28. The van der Waals surface area contributed by atoms with E-state index in [1.54, 1.807) is 37.5 Å². The maximum absolute atomic E-state index is 12.4. The highest BCUT2D eigenvalue weighted by atomic mass is 32.2. The summed E-state index contributed by atoms with van der Waals surface area (Å²) in [6.07, 6.45) is 1.72. The summed E-state index contributed by atoms with van der Waals surface area (Å²) in [7, 11) is 1.57. The summed E-state index contributed by atoms with van der Waals surface area (Å²) in [5.41, 5.74) is 3.57. The molecule has 2 amide bonds. The Morgan fingerprint density at radius 1 is 1.12 bits per heavy atom. The van der Waals surface area contributed by atoms with Crippen molar-refractivity contribution in [2.75, 3.05) is 18.2 Å². The lowest BCUT2D eigenvalue weighted by Crippen LogP contribution is -2.24. The van der Waals surface area contributed by atoms with Crippen molar-refractivity contribution in [3.63, 3.8) is 0 Å². The van der Waals surface area contributed by atoms with Gasteiger partial charge < -0.3 is 19.9 Å². The molecule has 0 aliphatic heterocycles. The van der Waals surface area contributed by atoms with Gasteiger partial charge in [0.05, 0.1) is 19.4 Å². The number of anilines is 1. The Balaban J connectivity index is 1.59. The summed E-state index contributed by atoms with van der Waals surface area (Å²) in [6, 6.07) is 12.7. The molecule has 0 fully saturated rings. The fourth-order valence-corrected chi connectivity index (χ4v) is 3.79. The van der Waals surface area contributed by atoms with Crippen molar-refractivity contribution in [1.82, 2.24) is 20.1 Å². The van der Waals surface area contributed by atoms with E-state index in [0.717, 1.165) is 11.3 Å². The number of aromatic nitrogens is 3. The molecule has 1 heterocycles. The first-order chi connectivity index (χ1) is 15.9. The second-order valence-electron chi connectivity index (χ2n) is 7.35. The first-order valence-corrected chi connectivity index (χ1v) is 11.3. The van der Waals surface area contributed by atoms with Crippen molar-refractivity contribution in [2.45, 2.75) is 32.1 Å². The number of carbonyl (C=O) groups excluding carboxylic acids is 2. The van der Waals surface area contributed by atoms with E-state index in [2.05, 4.69) is 27.4 Å². The zero-order chi connectivity index (χ0) is 23.8. The second kappa shape index (κ2) is 11.3. The van der Waals surface area contributed by atoms with E-state index in [-0.39, 0.29) is 24.1 Å². The monoisotopic (exact) mass is 465 g/mol. The molecule has 2 N–H and O–H groups in total. The molecule has 0 atom stereocenters. The van der Waals surface area contributed by atoms with E-state index in [9.17, 15) is 9.59 Å². The first-order valence-electron chi connectivity index (χ1n) is 10.4. The van der Waals surface area contributed by atoms with Gasteiger partial charge >= 0.3 is 0 Å². The van der Waals surface area contributed by atoms with Crippen LogP contribution in [0, 0.1) is 13.8 Å². The summed E-state index contributed by atoms with van der Waals surface area (Å²) in [5.74, 6) is 1.08. The van der Waals surface area contributed by atoms with Crippen LogP contribution in [0.15, 0.2) is 60.3 Å². The fraction of sp³-hybridized carbons (Fsp3) is 0.250. The summed E-state index contributed by atoms with van der Waals surface area (Å²) in [5, 5.41) is 14.7. The maximum Gasteiger partial charge on any atom is 0.251 e. The first kappa shape index (κ1) is 24.1. The van der Waals surface area contributed by atoms with Crippen molar-refractivity contribution in [3.8, 4) is 5.75 Å². The van der Waals surface area contributed by atoms with Gasteiger partial charge in [0.1, 0.15) is 5.75 Å². The second-order valence-corrected chi connectivity index (χ2v) is 8.29. The van der Waals surface area contributed by atoms with Crippen LogP contribution in [0.2, 0.25) is 0 Å². The molecule has 0 bridgehead atoms. The molecule has 0 spiro atoms. The number of thioether (sulfide) groups is 1. The van der Waals surface area contributed by atoms with Crippen molar-refractivity contribution >= 4 is 29.3 Å². The van der Waals surface area contributed by atoms with Gasteiger partial charge in [-0.1, -0.05) is 23.9 Å². The largest absolute Gasteiger partial charge is 0.497 e. The maximum atomic E-state index is 12.4. The zero-order valence-electron chi connectivity index (χ0n) is 18.9. The van der Waals surface area contributed by atoms with Gasteiger partial charge in [0.15, 0.2) is 11.0 Å². The van der Waals surface area contributed by atoms with Gasteiger partial charge in [0.2, 0.25) is 5.91 Å². The number of aryl methyl sites for hydroxylation is 2. The Bertz CT molecular complexity index is 1140. The fourth-order valence-electron chi connectivity index (χ4n) is 3.02. The third kappa shape index (κ3) is 6.45. The number of ether oxygens (including phenoxy) is 1. The van der Waals surface area contributed by atoms with Crippen molar-refractivity contribution < 1.29 is 14.3 Å². The normalized spacial score (nSPS) is 10.5. The lowest BCUT2D eigenvalue weighted by molar-refractivity contribution is -0.113. The number of benzene rings is 2. The Morgan fingerprint density at radius 2 is 1.88 bits per heavy atom. The molecule has 8 nitrogen and oxygen atoms in total. The van der Waals surface area contributed by atoms with E-state index in [0.29, 0.717) is 28.8 Å². The highest BCUT2D eigenvalue weighted by molar-refractivity contribution is 7.99. The number of rotatable bonds is 10. The topological polar surface area (TPSA) is 98.1 Å². The predicted octanol–water partition coefficient (Wildman–Crippen LogP) is 3.75. The average molecular weight is 466 g/mol. The molecule has 0 saturated carbocycles. The van der Waals surface area contributed by atoms with Crippen LogP contribution in [0.5, 0.6) is 5.75 Å². The van der Waals surface area contributed by atoms with Gasteiger partial charge in [-0.25, -0.2) is 0 Å². The number of amides is 2. The van der Waals surface area contributed by atoms with Crippen LogP contribution in [0.25, 0.3) is 0 Å². The van der Waals surface area contributed by atoms with E-state index >= 15 is 0 Å². The smallest absolute Gasteiger partial charge is 0.251 e. The third-order valence-electron chi connectivity index (χ3n) is 4.99. The Labute approximate surface area is 197 Å². The highest BCUT2D eigenvalue weighted by Gasteiger charge is 2.15. The molecule has 0 saturated heterocycles. The van der Waals surface area contributed by atoms with Crippen LogP contribution in [0.3, 0.4) is 0 Å². The molecule has 2 aromatic carbocycles. The molecule has 3 aromatic rings. The van der Waals surface area contributed by atoms with Crippen LogP contribution in [0.4, 0.5) is 5.69 Å². The molecule has 0 aliphatic rings. The van der Waals surface area contributed by atoms with Gasteiger partial charge in [-0.2, -0.15) is 0 Å².